The Kier molecular flexibility index (Phi) is 4.81. The smallest absolute Gasteiger partial charge is 0.220 e. The summed E-state index contributed by atoms with van der Waals surface area (Å²) in [7, 11) is 0. The van der Waals surface area contributed by atoms with Crippen LogP contribution in [0.15, 0.2) is 24.7 Å². The molecule has 0 aliphatic carbocycles. The second kappa shape index (κ2) is 7.00. The minimum absolute atomic E-state index is 0.291. The Hall–Kier alpha value is -2.08. The predicted octanol–water partition coefficient (Wildman–Crippen LogP) is 2.70. The van der Waals surface area contributed by atoms with Crippen molar-refractivity contribution in [1.29, 1.82) is 0 Å². The first-order chi connectivity index (χ1) is 11.1. The lowest BCUT2D eigenvalue weighted by atomic mass is 9.98. The third-order valence-corrected chi connectivity index (χ3v) is 4.28. The van der Waals surface area contributed by atoms with Gasteiger partial charge in [-0.15, -0.1) is 0 Å². The van der Waals surface area contributed by atoms with Crippen LogP contribution in [0.4, 0.5) is 5.95 Å². The highest BCUT2D eigenvalue weighted by Crippen LogP contribution is 2.31. The summed E-state index contributed by atoms with van der Waals surface area (Å²) in [5, 5.41) is 0. The third kappa shape index (κ3) is 3.82. The van der Waals surface area contributed by atoms with Crippen LogP contribution in [0.3, 0.4) is 0 Å². The monoisotopic (exact) mass is 312 g/mol. The summed E-state index contributed by atoms with van der Waals surface area (Å²) in [6, 6.07) is 2.26. The molecular weight excluding hydrogens is 288 g/mol. The largest absolute Gasteiger partial charge is 0.368 e. The highest BCUT2D eigenvalue weighted by Gasteiger charge is 2.25. The first-order valence-corrected chi connectivity index (χ1v) is 8.27. The molecule has 6 nitrogen and oxygen atoms in total. The van der Waals surface area contributed by atoms with Crippen LogP contribution in [0, 0.1) is 0 Å². The zero-order chi connectivity index (χ0) is 16.2. The summed E-state index contributed by atoms with van der Waals surface area (Å²) in [5.41, 5.74) is 7.90. The number of aromatic nitrogens is 4. The fourth-order valence-corrected chi connectivity index (χ4v) is 3.07. The van der Waals surface area contributed by atoms with Gasteiger partial charge in [0.05, 0.1) is 11.7 Å². The Labute approximate surface area is 137 Å². The number of nitrogens with zero attached hydrogens (tertiary/aromatic N) is 5. The second-order valence-electron chi connectivity index (χ2n) is 6.43. The molecule has 0 bridgehead atoms. The van der Waals surface area contributed by atoms with Crippen molar-refractivity contribution in [3.63, 3.8) is 0 Å². The third-order valence-electron chi connectivity index (χ3n) is 4.28. The van der Waals surface area contributed by atoms with Crippen molar-refractivity contribution in [1.82, 2.24) is 24.8 Å². The molecule has 0 saturated carbocycles. The van der Waals surface area contributed by atoms with Gasteiger partial charge in [-0.25, -0.2) is 19.9 Å². The molecule has 2 aromatic rings. The highest BCUT2D eigenvalue weighted by molar-refractivity contribution is 5.20. The lowest BCUT2D eigenvalue weighted by molar-refractivity contribution is 0.137. The van der Waals surface area contributed by atoms with Crippen LogP contribution in [0.5, 0.6) is 0 Å². The maximum atomic E-state index is 5.75. The van der Waals surface area contributed by atoms with Crippen LogP contribution in [0.25, 0.3) is 0 Å². The van der Waals surface area contributed by atoms with Crippen LogP contribution in [-0.2, 0) is 6.54 Å². The maximum absolute atomic E-state index is 5.75. The first kappa shape index (κ1) is 15.8. The Morgan fingerprint density at radius 2 is 2.00 bits per heavy atom. The number of hydrogen-bond donors (Lipinski definition) is 1. The van der Waals surface area contributed by atoms with Crippen LogP contribution >= 0.6 is 0 Å². The number of piperidine rings is 1. The van der Waals surface area contributed by atoms with Gasteiger partial charge in [0, 0.05) is 36.6 Å². The van der Waals surface area contributed by atoms with Gasteiger partial charge in [0.2, 0.25) is 5.95 Å². The Morgan fingerprint density at radius 1 is 1.22 bits per heavy atom. The van der Waals surface area contributed by atoms with E-state index in [1.807, 2.05) is 18.5 Å². The van der Waals surface area contributed by atoms with E-state index in [4.69, 9.17) is 5.73 Å². The molecule has 1 atom stereocenters. The zero-order valence-corrected chi connectivity index (χ0v) is 13.8. The van der Waals surface area contributed by atoms with Crippen LogP contribution in [0.1, 0.15) is 62.2 Å². The molecule has 0 spiro atoms. The predicted molar refractivity (Wildman–Crippen MR) is 89.6 cm³/mol. The van der Waals surface area contributed by atoms with Crippen molar-refractivity contribution in [3.8, 4) is 0 Å². The summed E-state index contributed by atoms with van der Waals surface area (Å²) in [4.78, 5) is 19.8. The van der Waals surface area contributed by atoms with Gasteiger partial charge in [-0.3, -0.25) is 4.90 Å². The quantitative estimate of drug-likeness (QED) is 0.935. The fraction of sp³-hybridized carbons (Fsp3) is 0.529. The van der Waals surface area contributed by atoms with E-state index in [9.17, 15) is 0 Å². The number of nitrogens with two attached hydrogens (primary N) is 1. The molecule has 0 amide bonds. The SMILES string of the molecule is CC(C)c1ncc(CN2CCCCC2c2ccnc(N)n2)cn1. The van der Waals surface area contributed by atoms with E-state index < -0.39 is 0 Å². The minimum Gasteiger partial charge on any atom is -0.368 e. The zero-order valence-electron chi connectivity index (χ0n) is 13.8. The molecule has 0 radical (unpaired) electrons. The molecule has 122 valence electrons. The summed E-state index contributed by atoms with van der Waals surface area (Å²) < 4.78 is 0. The van der Waals surface area contributed by atoms with Gasteiger partial charge in [-0.1, -0.05) is 20.3 Å². The molecule has 0 aromatic carbocycles. The van der Waals surface area contributed by atoms with Gasteiger partial charge >= 0.3 is 0 Å². The lowest BCUT2D eigenvalue weighted by Crippen LogP contribution is -2.33. The van der Waals surface area contributed by atoms with Crippen LogP contribution in [0.2, 0.25) is 0 Å². The molecule has 3 heterocycles. The summed E-state index contributed by atoms with van der Waals surface area (Å²) in [5.74, 6) is 1.60. The average Bonchev–Trinajstić information content (AvgIpc) is 2.56. The molecule has 1 aliphatic rings. The van der Waals surface area contributed by atoms with Crippen molar-refractivity contribution in [2.75, 3.05) is 12.3 Å². The Bertz CT molecular complexity index is 640. The molecule has 1 aliphatic heterocycles. The van der Waals surface area contributed by atoms with E-state index >= 15 is 0 Å². The lowest BCUT2D eigenvalue weighted by Gasteiger charge is -2.35. The van der Waals surface area contributed by atoms with Crippen molar-refractivity contribution in [2.45, 2.75) is 51.6 Å². The first-order valence-electron chi connectivity index (χ1n) is 8.27. The van der Waals surface area contributed by atoms with E-state index in [0.29, 0.717) is 17.9 Å². The van der Waals surface area contributed by atoms with Gasteiger partial charge in [-0.05, 0) is 25.5 Å². The molecule has 3 rings (SSSR count). The van der Waals surface area contributed by atoms with E-state index in [1.165, 1.54) is 12.8 Å². The minimum atomic E-state index is 0.291. The van der Waals surface area contributed by atoms with Gasteiger partial charge < -0.3 is 5.73 Å². The van der Waals surface area contributed by atoms with Gasteiger partial charge in [-0.2, -0.15) is 0 Å². The number of likely N-dealkylation sites (tertiary alicyclic amines) is 1. The second-order valence-corrected chi connectivity index (χ2v) is 6.43. The number of hydrogen-bond acceptors (Lipinski definition) is 6. The van der Waals surface area contributed by atoms with Crippen LogP contribution in [-0.4, -0.2) is 31.4 Å². The van der Waals surface area contributed by atoms with E-state index in [0.717, 1.165) is 36.6 Å². The van der Waals surface area contributed by atoms with Gasteiger partial charge in [0.25, 0.3) is 0 Å². The molecule has 23 heavy (non-hydrogen) atoms. The molecule has 1 saturated heterocycles. The van der Waals surface area contributed by atoms with Crippen LogP contribution < -0.4 is 5.73 Å². The highest BCUT2D eigenvalue weighted by atomic mass is 15.2. The molecule has 1 unspecified atom stereocenters. The summed E-state index contributed by atoms with van der Waals surface area (Å²) >= 11 is 0. The average molecular weight is 312 g/mol. The van der Waals surface area contributed by atoms with Crippen molar-refractivity contribution < 1.29 is 0 Å². The summed E-state index contributed by atoms with van der Waals surface area (Å²) in [6.07, 6.45) is 9.16. The van der Waals surface area contributed by atoms with E-state index in [1.54, 1.807) is 6.20 Å². The number of anilines is 1. The Morgan fingerprint density at radius 3 is 2.70 bits per heavy atom. The standard InChI is InChI=1S/C17H24N6/c1-12(2)16-20-9-13(10-21-16)11-23-8-4-3-5-15(23)14-6-7-19-17(18)22-14/h6-7,9-10,12,15H,3-5,8,11H2,1-2H3,(H2,18,19,22). The van der Waals surface area contributed by atoms with E-state index in [-0.39, 0.29) is 0 Å². The molecule has 1 fully saturated rings. The normalized spacial score (nSPS) is 19.2. The number of nitrogen functional groups attached to an aromatic ring is 1. The fourth-order valence-electron chi connectivity index (χ4n) is 3.07. The van der Waals surface area contributed by atoms with Gasteiger partial charge in [0.1, 0.15) is 5.82 Å². The topological polar surface area (TPSA) is 80.8 Å². The van der Waals surface area contributed by atoms with E-state index in [2.05, 4.69) is 38.7 Å². The van der Waals surface area contributed by atoms with Crippen molar-refractivity contribution >= 4 is 5.95 Å². The number of rotatable bonds is 4. The van der Waals surface area contributed by atoms with Crippen molar-refractivity contribution in [3.05, 3.63) is 41.7 Å². The molecular formula is C17H24N6. The van der Waals surface area contributed by atoms with Gasteiger partial charge in [0.15, 0.2) is 0 Å². The summed E-state index contributed by atoms with van der Waals surface area (Å²) in [6.45, 7) is 6.11. The molecule has 2 N–H and O–H groups in total. The molecule has 2 aromatic heterocycles. The molecule has 6 heteroatoms. The maximum Gasteiger partial charge on any atom is 0.220 e. The Balaban J connectivity index is 1.76. The van der Waals surface area contributed by atoms with Crippen molar-refractivity contribution in [2.24, 2.45) is 0 Å².